The minimum Gasteiger partial charge on any atom is -0.491 e. The Morgan fingerprint density at radius 2 is 2.20 bits per heavy atom. The van der Waals surface area contributed by atoms with Crippen LogP contribution in [0.1, 0.15) is 19.0 Å². The second kappa shape index (κ2) is 6.39. The van der Waals surface area contributed by atoms with E-state index >= 15 is 0 Å². The van der Waals surface area contributed by atoms with Crippen LogP contribution in [0.2, 0.25) is 0 Å². The molecular weight excluding hydrogens is 322 g/mol. The van der Waals surface area contributed by atoms with E-state index in [1.165, 1.54) is 0 Å². The maximum absolute atomic E-state index is 11.7. The van der Waals surface area contributed by atoms with Crippen LogP contribution in [-0.4, -0.2) is 38.9 Å². The highest BCUT2D eigenvalue weighted by Crippen LogP contribution is 2.28. The Balaban J connectivity index is 1.79. The Kier molecular flexibility index (Phi) is 3.93. The summed E-state index contributed by atoms with van der Waals surface area (Å²) < 4.78 is 11.1. The first-order valence-corrected chi connectivity index (χ1v) is 8.06. The van der Waals surface area contributed by atoms with Crippen molar-refractivity contribution in [3.63, 3.8) is 0 Å². The molecule has 0 radical (unpaired) electrons. The number of carbonyl (C=O) groups is 1. The summed E-state index contributed by atoms with van der Waals surface area (Å²) in [7, 11) is 0. The smallest absolute Gasteiger partial charge is 0.407 e. The number of nitrogens with zero attached hydrogens (tertiary/aromatic N) is 3. The monoisotopic (exact) mass is 339 g/mol. The number of aromatic nitrogens is 4. The van der Waals surface area contributed by atoms with Gasteiger partial charge < -0.3 is 14.8 Å². The number of alkyl carbamates (subject to hydrolysis) is 1. The van der Waals surface area contributed by atoms with Crippen molar-refractivity contribution in [3.05, 3.63) is 36.3 Å². The first-order valence-electron chi connectivity index (χ1n) is 8.06. The molecule has 1 aliphatic heterocycles. The number of H-pyrrole nitrogens is 1. The van der Waals surface area contributed by atoms with Gasteiger partial charge in [0.1, 0.15) is 23.7 Å². The van der Waals surface area contributed by atoms with Crippen LogP contribution >= 0.6 is 0 Å². The van der Waals surface area contributed by atoms with E-state index in [2.05, 4.69) is 25.5 Å². The summed E-state index contributed by atoms with van der Waals surface area (Å²) in [4.78, 5) is 20.4. The number of cyclic esters (lactones) is 1. The molecule has 0 spiro atoms. The molecule has 8 heteroatoms. The van der Waals surface area contributed by atoms with Gasteiger partial charge in [0.15, 0.2) is 0 Å². The van der Waals surface area contributed by atoms with Crippen molar-refractivity contribution in [3.8, 4) is 17.1 Å². The van der Waals surface area contributed by atoms with Crippen LogP contribution in [-0.2, 0) is 11.3 Å². The molecule has 25 heavy (non-hydrogen) atoms. The Morgan fingerprint density at radius 3 is 3.12 bits per heavy atom. The van der Waals surface area contributed by atoms with Crippen molar-refractivity contribution in [1.29, 1.82) is 0 Å². The first-order chi connectivity index (χ1) is 12.2. The van der Waals surface area contributed by atoms with Crippen molar-refractivity contribution >= 4 is 17.0 Å². The molecule has 1 aliphatic rings. The number of fused-ring (bicyclic) bond motifs is 4. The van der Waals surface area contributed by atoms with Crippen molar-refractivity contribution in [2.75, 3.05) is 6.54 Å². The van der Waals surface area contributed by atoms with E-state index in [0.717, 1.165) is 16.7 Å². The molecule has 0 saturated carbocycles. The molecule has 2 N–H and O–H groups in total. The highest BCUT2D eigenvalue weighted by atomic mass is 16.5. The molecule has 0 unspecified atom stereocenters. The van der Waals surface area contributed by atoms with Crippen LogP contribution in [0, 0.1) is 0 Å². The fourth-order valence-corrected chi connectivity index (χ4v) is 2.71. The van der Waals surface area contributed by atoms with Gasteiger partial charge in [0.05, 0.1) is 29.7 Å². The molecule has 0 fully saturated rings. The Morgan fingerprint density at radius 1 is 1.28 bits per heavy atom. The third-order valence-corrected chi connectivity index (χ3v) is 3.97. The van der Waals surface area contributed by atoms with E-state index in [1.54, 1.807) is 12.4 Å². The van der Waals surface area contributed by atoms with Crippen LogP contribution in [0.5, 0.6) is 5.75 Å². The van der Waals surface area contributed by atoms with E-state index in [1.807, 2.05) is 25.1 Å². The second-order valence-electron chi connectivity index (χ2n) is 5.90. The van der Waals surface area contributed by atoms with Gasteiger partial charge in [0.2, 0.25) is 0 Å². The zero-order valence-corrected chi connectivity index (χ0v) is 13.7. The maximum Gasteiger partial charge on any atom is 0.407 e. The molecule has 3 aromatic rings. The van der Waals surface area contributed by atoms with Gasteiger partial charge in [0, 0.05) is 18.4 Å². The topological polar surface area (TPSA) is 102 Å². The van der Waals surface area contributed by atoms with Crippen molar-refractivity contribution < 1.29 is 14.3 Å². The number of ether oxygens (including phenoxy) is 2. The summed E-state index contributed by atoms with van der Waals surface area (Å²) >= 11 is 0. The Hall–Kier alpha value is -3.16. The van der Waals surface area contributed by atoms with Gasteiger partial charge in [-0.3, -0.25) is 10.1 Å². The third kappa shape index (κ3) is 3.23. The molecule has 8 nitrogen and oxygen atoms in total. The van der Waals surface area contributed by atoms with Crippen LogP contribution < -0.4 is 10.1 Å². The maximum atomic E-state index is 11.7. The summed E-state index contributed by atoms with van der Waals surface area (Å²) in [6.45, 7) is 2.47. The highest BCUT2D eigenvalue weighted by molar-refractivity contribution is 5.92. The lowest BCUT2D eigenvalue weighted by atomic mass is 10.1. The number of hydrogen-bond acceptors (Lipinski definition) is 6. The first kappa shape index (κ1) is 15.4. The lowest BCUT2D eigenvalue weighted by Gasteiger charge is -2.15. The molecule has 2 aromatic heterocycles. The molecular formula is C17H17N5O3. The zero-order chi connectivity index (χ0) is 17.2. The van der Waals surface area contributed by atoms with Crippen LogP contribution in [0.15, 0.2) is 30.6 Å². The number of amides is 1. The largest absolute Gasteiger partial charge is 0.491 e. The minimum absolute atomic E-state index is 0.0479. The van der Waals surface area contributed by atoms with E-state index in [0.29, 0.717) is 30.0 Å². The third-order valence-electron chi connectivity index (χ3n) is 3.97. The average molecular weight is 339 g/mol. The molecule has 3 heterocycles. The molecule has 128 valence electrons. The van der Waals surface area contributed by atoms with Gasteiger partial charge in [-0.15, -0.1) is 0 Å². The SMILES string of the molecule is C[C@@H]1CCNC(=O)OCc2cncc(n2)-c2n[nH]c3ccc(cc23)O1. The quantitative estimate of drug-likeness (QED) is 0.652. The molecule has 0 aliphatic carbocycles. The van der Waals surface area contributed by atoms with Crippen molar-refractivity contribution in [1.82, 2.24) is 25.5 Å². The van der Waals surface area contributed by atoms with E-state index < -0.39 is 6.09 Å². The molecule has 4 rings (SSSR count). The van der Waals surface area contributed by atoms with Gasteiger partial charge in [-0.25, -0.2) is 9.78 Å². The average Bonchev–Trinajstić information content (AvgIpc) is 3.03. The van der Waals surface area contributed by atoms with E-state index in [4.69, 9.17) is 9.47 Å². The fourth-order valence-electron chi connectivity index (χ4n) is 2.71. The van der Waals surface area contributed by atoms with Crippen LogP contribution in [0.4, 0.5) is 4.79 Å². The zero-order valence-electron chi connectivity index (χ0n) is 13.7. The molecule has 1 aromatic carbocycles. The van der Waals surface area contributed by atoms with Crippen LogP contribution in [0.25, 0.3) is 22.3 Å². The van der Waals surface area contributed by atoms with Gasteiger partial charge in [-0.05, 0) is 25.1 Å². The van der Waals surface area contributed by atoms with Gasteiger partial charge in [0.25, 0.3) is 0 Å². The fraction of sp³-hybridized carbons (Fsp3) is 0.294. The summed E-state index contributed by atoms with van der Waals surface area (Å²) in [6, 6.07) is 5.75. The van der Waals surface area contributed by atoms with Crippen LogP contribution in [0.3, 0.4) is 0 Å². The normalized spacial score (nSPS) is 18.0. The Bertz CT molecular complexity index is 924. The number of carbonyl (C=O) groups excluding carboxylic acids is 1. The van der Waals surface area contributed by atoms with E-state index in [9.17, 15) is 4.79 Å². The predicted molar refractivity (Wildman–Crippen MR) is 90.0 cm³/mol. The summed E-state index contributed by atoms with van der Waals surface area (Å²) in [5.41, 5.74) is 2.73. The molecule has 0 saturated heterocycles. The number of benzene rings is 1. The predicted octanol–water partition coefficient (Wildman–Crippen LogP) is 2.42. The minimum atomic E-state index is -0.489. The number of aromatic amines is 1. The molecule has 1 atom stereocenters. The highest BCUT2D eigenvalue weighted by Gasteiger charge is 2.14. The number of rotatable bonds is 0. The second-order valence-corrected chi connectivity index (χ2v) is 5.90. The summed E-state index contributed by atoms with van der Waals surface area (Å²) in [5, 5.41) is 11.0. The lowest BCUT2D eigenvalue weighted by molar-refractivity contribution is 0.136. The number of hydrogen-bond donors (Lipinski definition) is 2. The molecule has 1 amide bonds. The van der Waals surface area contributed by atoms with Crippen molar-refractivity contribution in [2.45, 2.75) is 26.1 Å². The van der Waals surface area contributed by atoms with E-state index in [-0.39, 0.29) is 12.7 Å². The Labute approximate surface area is 143 Å². The molecule has 4 bridgehead atoms. The summed E-state index contributed by atoms with van der Waals surface area (Å²) in [6.07, 6.45) is 3.32. The van der Waals surface area contributed by atoms with Crippen molar-refractivity contribution in [2.24, 2.45) is 0 Å². The standard InChI is InChI=1S/C17H17N5O3/c1-10-4-5-19-17(23)24-9-11-7-18-8-15(20-11)16-13-6-12(25-10)2-3-14(13)21-22-16/h2-3,6-8,10H,4-5,9H2,1H3,(H,19,23)(H,21,22)/t10-/m1/s1. The summed E-state index contributed by atoms with van der Waals surface area (Å²) in [5.74, 6) is 0.740. The van der Waals surface area contributed by atoms with Gasteiger partial charge >= 0.3 is 6.09 Å². The lowest BCUT2D eigenvalue weighted by Crippen LogP contribution is -2.28. The van der Waals surface area contributed by atoms with Gasteiger partial charge in [-0.1, -0.05) is 0 Å². The van der Waals surface area contributed by atoms with Gasteiger partial charge in [-0.2, -0.15) is 5.10 Å². The number of nitrogens with one attached hydrogen (secondary N) is 2.